The highest BCUT2D eigenvalue weighted by molar-refractivity contribution is 6.27. The Morgan fingerprint density at radius 1 is 0.542 bits per heavy atom. The molecule has 0 saturated heterocycles. The third-order valence-corrected chi connectivity index (χ3v) is 10.5. The molecule has 0 radical (unpaired) electrons. The number of aromatic nitrogens is 2. The molecule has 10 rings (SSSR count). The fraction of sp³-hybridized carbons (Fsp3) is 0.0652. The second-order valence-corrected chi connectivity index (χ2v) is 13.5. The molecule has 0 spiro atoms. The Labute approximate surface area is 279 Å². The minimum absolute atomic E-state index is 0.164. The largest absolute Gasteiger partial charge is 0.309 e. The van der Waals surface area contributed by atoms with Crippen molar-refractivity contribution in [2.75, 3.05) is 0 Å². The standard InChI is InChI=1S/C46H32N2/c1-46(2)38-22-12-10-20-36(38)41-34-18-8-9-19-35(34)42-37-21-11-13-23-40(37)48(45(42)43(41)46)32-26-24-29(25-27-32)39-28-31-16-6-7-17-33(31)44(47-39)30-14-4-3-5-15-30/h3-28H,1-2H3. The quantitative estimate of drug-likeness (QED) is 0.194. The summed E-state index contributed by atoms with van der Waals surface area (Å²) in [5.74, 6) is 0. The van der Waals surface area contributed by atoms with Crippen LogP contribution in [0.15, 0.2) is 158 Å². The maximum Gasteiger partial charge on any atom is 0.0787 e. The predicted octanol–water partition coefficient (Wildman–Crippen LogP) is 12.1. The van der Waals surface area contributed by atoms with Crippen molar-refractivity contribution in [1.29, 1.82) is 0 Å². The van der Waals surface area contributed by atoms with Gasteiger partial charge in [-0.25, -0.2) is 4.98 Å². The van der Waals surface area contributed by atoms with E-state index in [1.54, 1.807) is 0 Å². The molecule has 1 aliphatic carbocycles. The Balaban J connectivity index is 1.24. The summed E-state index contributed by atoms with van der Waals surface area (Å²) in [5, 5.41) is 7.60. The lowest BCUT2D eigenvalue weighted by Crippen LogP contribution is -2.16. The SMILES string of the molecule is CC1(C)c2ccccc2-c2c1c1c(c3ccccc23)c2ccccc2n1-c1ccc(-c2cc3ccccc3c(-c3ccccc3)n2)cc1. The first-order valence-electron chi connectivity index (χ1n) is 16.7. The molecule has 1 aliphatic rings. The minimum Gasteiger partial charge on any atom is -0.309 e. The normalized spacial score (nSPS) is 13.4. The molecule has 0 bridgehead atoms. The Hall–Kier alpha value is -5.99. The number of para-hydroxylation sites is 1. The monoisotopic (exact) mass is 612 g/mol. The van der Waals surface area contributed by atoms with Crippen LogP contribution in [0, 0.1) is 0 Å². The first-order valence-corrected chi connectivity index (χ1v) is 16.7. The maximum atomic E-state index is 5.25. The van der Waals surface area contributed by atoms with Crippen molar-refractivity contribution in [2.45, 2.75) is 19.3 Å². The number of fused-ring (bicyclic) bond motifs is 11. The lowest BCUT2D eigenvalue weighted by molar-refractivity contribution is 0.664. The summed E-state index contributed by atoms with van der Waals surface area (Å²) in [6.45, 7) is 4.79. The van der Waals surface area contributed by atoms with E-state index in [2.05, 4.69) is 176 Å². The molecule has 0 atom stereocenters. The summed E-state index contributed by atoms with van der Waals surface area (Å²) in [5.41, 5.74) is 13.2. The number of hydrogen-bond acceptors (Lipinski definition) is 1. The van der Waals surface area contributed by atoms with E-state index >= 15 is 0 Å². The molecule has 0 unspecified atom stereocenters. The summed E-state index contributed by atoms with van der Waals surface area (Å²) < 4.78 is 2.51. The van der Waals surface area contributed by atoms with Crippen molar-refractivity contribution in [1.82, 2.24) is 9.55 Å². The molecule has 9 aromatic rings. The van der Waals surface area contributed by atoms with E-state index in [0.29, 0.717) is 0 Å². The lowest BCUT2D eigenvalue weighted by atomic mass is 9.80. The highest BCUT2D eigenvalue weighted by Gasteiger charge is 2.40. The second-order valence-electron chi connectivity index (χ2n) is 13.5. The van der Waals surface area contributed by atoms with Gasteiger partial charge in [0.1, 0.15) is 0 Å². The van der Waals surface area contributed by atoms with Crippen LogP contribution < -0.4 is 0 Å². The smallest absolute Gasteiger partial charge is 0.0787 e. The minimum atomic E-state index is -0.164. The van der Waals surface area contributed by atoms with E-state index in [1.165, 1.54) is 65.6 Å². The predicted molar refractivity (Wildman–Crippen MR) is 202 cm³/mol. The average molecular weight is 613 g/mol. The molecule has 2 heterocycles. The molecule has 0 saturated carbocycles. The highest BCUT2D eigenvalue weighted by atomic mass is 15.0. The fourth-order valence-electron chi connectivity index (χ4n) is 8.40. The van der Waals surface area contributed by atoms with Gasteiger partial charge in [0.25, 0.3) is 0 Å². The van der Waals surface area contributed by atoms with E-state index in [4.69, 9.17) is 4.98 Å². The van der Waals surface area contributed by atoms with E-state index < -0.39 is 0 Å². The van der Waals surface area contributed by atoms with E-state index in [0.717, 1.165) is 28.2 Å². The first-order chi connectivity index (χ1) is 23.6. The topological polar surface area (TPSA) is 17.8 Å². The number of nitrogens with zero attached hydrogens (tertiary/aromatic N) is 2. The summed E-state index contributed by atoms with van der Waals surface area (Å²) in [6, 6.07) is 57.2. The average Bonchev–Trinajstić information content (AvgIpc) is 3.61. The number of benzene rings is 7. The van der Waals surface area contributed by atoms with Gasteiger partial charge in [-0.3, -0.25) is 0 Å². The van der Waals surface area contributed by atoms with Crippen molar-refractivity contribution in [3.8, 4) is 39.3 Å². The molecular weight excluding hydrogens is 581 g/mol. The summed E-state index contributed by atoms with van der Waals surface area (Å²) in [6.07, 6.45) is 0. The van der Waals surface area contributed by atoms with Crippen molar-refractivity contribution < 1.29 is 0 Å². The van der Waals surface area contributed by atoms with Crippen molar-refractivity contribution in [2.24, 2.45) is 0 Å². The molecule has 2 nitrogen and oxygen atoms in total. The van der Waals surface area contributed by atoms with Gasteiger partial charge in [-0.05, 0) is 62.7 Å². The zero-order valence-corrected chi connectivity index (χ0v) is 26.9. The fourth-order valence-corrected chi connectivity index (χ4v) is 8.40. The molecular formula is C46H32N2. The summed E-state index contributed by atoms with van der Waals surface area (Å²) in [7, 11) is 0. The number of pyridine rings is 1. The van der Waals surface area contributed by atoms with Gasteiger partial charge < -0.3 is 4.57 Å². The molecule has 7 aromatic carbocycles. The molecule has 0 fully saturated rings. The van der Waals surface area contributed by atoms with Crippen LogP contribution in [0.5, 0.6) is 0 Å². The molecule has 0 amide bonds. The summed E-state index contributed by atoms with van der Waals surface area (Å²) in [4.78, 5) is 5.25. The van der Waals surface area contributed by atoms with Crippen LogP contribution in [0.3, 0.4) is 0 Å². The van der Waals surface area contributed by atoms with Crippen LogP contribution in [-0.4, -0.2) is 9.55 Å². The van der Waals surface area contributed by atoms with Gasteiger partial charge >= 0.3 is 0 Å². The van der Waals surface area contributed by atoms with Gasteiger partial charge in [0.2, 0.25) is 0 Å². The number of rotatable bonds is 3. The maximum absolute atomic E-state index is 5.25. The van der Waals surface area contributed by atoms with Gasteiger partial charge in [0, 0.05) is 38.4 Å². The Morgan fingerprint density at radius 3 is 2.00 bits per heavy atom. The third-order valence-electron chi connectivity index (χ3n) is 10.5. The van der Waals surface area contributed by atoms with Crippen molar-refractivity contribution in [3.63, 3.8) is 0 Å². The molecule has 0 N–H and O–H groups in total. The Morgan fingerprint density at radius 2 is 1.19 bits per heavy atom. The zero-order valence-electron chi connectivity index (χ0n) is 26.9. The van der Waals surface area contributed by atoms with E-state index in [9.17, 15) is 0 Å². The van der Waals surface area contributed by atoms with Gasteiger partial charge in [-0.2, -0.15) is 0 Å². The van der Waals surface area contributed by atoms with E-state index in [-0.39, 0.29) is 5.41 Å². The molecule has 226 valence electrons. The van der Waals surface area contributed by atoms with Crippen LogP contribution in [0.25, 0.3) is 82.7 Å². The van der Waals surface area contributed by atoms with Crippen LogP contribution in [0.1, 0.15) is 25.0 Å². The lowest BCUT2D eigenvalue weighted by Gasteiger charge is -2.24. The third kappa shape index (κ3) is 3.72. The van der Waals surface area contributed by atoms with Crippen molar-refractivity contribution in [3.05, 3.63) is 169 Å². The van der Waals surface area contributed by atoms with Gasteiger partial charge in [0.05, 0.1) is 22.4 Å². The van der Waals surface area contributed by atoms with Gasteiger partial charge in [-0.1, -0.05) is 147 Å². The molecule has 0 aliphatic heterocycles. The summed E-state index contributed by atoms with van der Waals surface area (Å²) >= 11 is 0. The molecule has 48 heavy (non-hydrogen) atoms. The van der Waals surface area contributed by atoms with Crippen LogP contribution >= 0.6 is 0 Å². The Kier molecular flexibility index (Phi) is 5.66. The Bertz CT molecular complexity index is 2730. The zero-order chi connectivity index (χ0) is 32.0. The van der Waals surface area contributed by atoms with Crippen molar-refractivity contribution >= 4 is 43.4 Å². The van der Waals surface area contributed by atoms with Crippen LogP contribution in [0.4, 0.5) is 0 Å². The molecule has 2 heteroatoms. The first kappa shape index (κ1) is 27.2. The van der Waals surface area contributed by atoms with Crippen LogP contribution in [-0.2, 0) is 5.41 Å². The van der Waals surface area contributed by atoms with E-state index in [1.807, 2.05) is 0 Å². The van der Waals surface area contributed by atoms with Gasteiger partial charge in [-0.15, -0.1) is 0 Å². The number of hydrogen-bond donors (Lipinski definition) is 0. The van der Waals surface area contributed by atoms with Gasteiger partial charge in [0.15, 0.2) is 0 Å². The second kappa shape index (κ2) is 10.0. The van der Waals surface area contributed by atoms with Crippen LogP contribution in [0.2, 0.25) is 0 Å². The highest BCUT2D eigenvalue weighted by Crippen LogP contribution is 2.56. The molecule has 2 aromatic heterocycles.